The molecule has 3 heterocycles. The molecule has 0 unspecified atom stereocenters. The lowest BCUT2D eigenvalue weighted by Crippen LogP contribution is -2.48. The Hall–Kier alpha value is -3.30. The molecule has 15 heteroatoms. The minimum Gasteiger partial charge on any atom is -0.487 e. The largest absolute Gasteiger partial charge is 0.487 e. The fourth-order valence-electron chi connectivity index (χ4n) is 7.70. The Morgan fingerprint density at radius 1 is 1.08 bits per heavy atom. The topological polar surface area (TPSA) is 167 Å². The third kappa shape index (κ3) is 8.73. The van der Waals surface area contributed by atoms with Gasteiger partial charge in [0.05, 0.1) is 53.3 Å². The lowest BCUT2D eigenvalue weighted by atomic mass is 9.77. The molecule has 2 aromatic heterocycles. The average Bonchev–Trinajstić information content (AvgIpc) is 3.75. The van der Waals surface area contributed by atoms with Gasteiger partial charge < -0.3 is 19.1 Å². The molecule has 2 amide bonds. The summed E-state index contributed by atoms with van der Waals surface area (Å²) in [5, 5.41) is 1.90. The zero-order valence-electron chi connectivity index (χ0n) is 30.7. The molecule has 52 heavy (non-hydrogen) atoms. The predicted octanol–water partition coefficient (Wildman–Crippen LogP) is 5.50. The van der Waals surface area contributed by atoms with E-state index in [-0.39, 0.29) is 49.5 Å². The number of carbonyl (C=O) groups is 4. The van der Waals surface area contributed by atoms with E-state index in [2.05, 4.69) is 9.71 Å². The van der Waals surface area contributed by atoms with Crippen LogP contribution in [-0.2, 0) is 38.4 Å². The highest BCUT2D eigenvalue weighted by atomic mass is 32.2. The summed E-state index contributed by atoms with van der Waals surface area (Å²) < 4.78 is 51.1. The highest BCUT2D eigenvalue weighted by Gasteiger charge is 2.61. The Balaban J connectivity index is 1.26. The van der Waals surface area contributed by atoms with Gasteiger partial charge in [-0.1, -0.05) is 34.1 Å². The van der Waals surface area contributed by atoms with E-state index in [4.69, 9.17) is 18.4 Å². The first kappa shape index (κ1) is 38.4. The SMILES string of the molecule is CCOc1cc(O[C@@H]2C[C@@H](C(=O)C[C@]3(C(=O)NS(=O)(=O)OC4CC4)C[C@H]3CC)N(C(=O)[C@@H](CC(=O)OC3CCCC3)C(C)(C)C)C2)c2sccc2n1. The van der Waals surface area contributed by atoms with Crippen molar-refractivity contribution in [1.29, 1.82) is 0 Å². The van der Waals surface area contributed by atoms with Crippen LogP contribution in [0.15, 0.2) is 17.5 Å². The van der Waals surface area contributed by atoms with E-state index in [0.29, 0.717) is 49.4 Å². The normalized spacial score (nSPS) is 25.6. The van der Waals surface area contributed by atoms with Crippen molar-refractivity contribution in [1.82, 2.24) is 14.6 Å². The zero-order valence-corrected chi connectivity index (χ0v) is 32.3. The summed E-state index contributed by atoms with van der Waals surface area (Å²) in [4.78, 5) is 61.9. The molecule has 1 aliphatic heterocycles. The van der Waals surface area contributed by atoms with Gasteiger partial charge in [0.25, 0.3) is 0 Å². The van der Waals surface area contributed by atoms with Gasteiger partial charge in [-0.25, -0.2) is 9.71 Å². The Bertz CT molecular complexity index is 1780. The molecule has 1 saturated heterocycles. The fourth-order valence-corrected chi connectivity index (χ4v) is 9.52. The minimum absolute atomic E-state index is 0.0681. The van der Waals surface area contributed by atoms with Crippen LogP contribution in [0.2, 0.25) is 0 Å². The number of fused-ring (bicyclic) bond motifs is 1. The Morgan fingerprint density at radius 3 is 2.44 bits per heavy atom. The van der Waals surface area contributed by atoms with Crippen LogP contribution in [0.1, 0.15) is 105 Å². The lowest BCUT2D eigenvalue weighted by Gasteiger charge is -2.35. The first-order chi connectivity index (χ1) is 24.6. The number of thiophene rings is 1. The van der Waals surface area contributed by atoms with Gasteiger partial charge in [0, 0.05) is 18.9 Å². The molecule has 2 aromatic rings. The van der Waals surface area contributed by atoms with E-state index < -0.39 is 57.2 Å². The van der Waals surface area contributed by atoms with E-state index in [9.17, 15) is 27.6 Å². The van der Waals surface area contributed by atoms with Crippen LogP contribution in [0, 0.1) is 22.7 Å². The van der Waals surface area contributed by atoms with E-state index in [0.717, 1.165) is 30.4 Å². The highest BCUT2D eigenvalue weighted by Crippen LogP contribution is 2.58. The van der Waals surface area contributed by atoms with Gasteiger partial charge in [0.1, 0.15) is 18.0 Å². The molecule has 6 rings (SSSR count). The summed E-state index contributed by atoms with van der Waals surface area (Å²) in [5.74, 6) is -2.03. The smallest absolute Gasteiger partial charge is 0.362 e. The highest BCUT2D eigenvalue weighted by molar-refractivity contribution is 7.85. The van der Waals surface area contributed by atoms with Crippen molar-refractivity contribution in [3.63, 3.8) is 0 Å². The number of likely N-dealkylation sites (tertiary alicyclic amines) is 1. The third-order valence-corrected chi connectivity index (χ3v) is 12.7. The third-order valence-electron chi connectivity index (χ3n) is 10.8. The number of hydrogen-bond donors (Lipinski definition) is 1. The summed E-state index contributed by atoms with van der Waals surface area (Å²) in [5.41, 5.74) is -1.19. The van der Waals surface area contributed by atoms with Crippen molar-refractivity contribution in [2.45, 2.75) is 130 Å². The summed E-state index contributed by atoms with van der Waals surface area (Å²) in [6, 6.07) is 2.60. The van der Waals surface area contributed by atoms with Crippen LogP contribution in [-0.4, -0.2) is 79.4 Å². The number of nitrogens with zero attached hydrogens (tertiary/aromatic N) is 2. The average molecular weight is 762 g/mol. The Morgan fingerprint density at radius 2 is 1.81 bits per heavy atom. The van der Waals surface area contributed by atoms with E-state index >= 15 is 0 Å². The van der Waals surface area contributed by atoms with Crippen molar-refractivity contribution in [2.75, 3.05) is 13.2 Å². The van der Waals surface area contributed by atoms with E-state index in [1.165, 1.54) is 16.2 Å². The Kier molecular flexibility index (Phi) is 11.2. The molecule has 0 spiro atoms. The molecular formula is C37H51N3O10S2. The Labute approximate surface area is 309 Å². The van der Waals surface area contributed by atoms with E-state index in [1.54, 1.807) is 6.07 Å². The van der Waals surface area contributed by atoms with Crippen molar-refractivity contribution in [2.24, 2.45) is 22.7 Å². The van der Waals surface area contributed by atoms with Gasteiger partial charge in [-0.15, -0.1) is 11.3 Å². The zero-order chi connectivity index (χ0) is 37.4. The van der Waals surface area contributed by atoms with Crippen molar-refractivity contribution >= 4 is 55.4 Å². The number of ether oxygens (including phenoxy) is 3. The number of ketones is 1. The monoisotopic (exact) mass is 761 g/mol. The molecule has 0 aromatic carbocycles. The van der Waals surface area contributed by atoms with Crippen LogP contribution >= 0.6 is 11.3 Å². The van der Waals surface area contributed by atoms with Crippen molar-refractivity contribution < 1.29 is 46.0 Å². The van der Waals surface area contributed by atoms with Crippen LogP contribution in [0.5, 0.6) is 11.6 Å². The van der Waals surface area contributed by atoms with Crippen LogP contribution in [0.25, 0.3) is 10.2 Å². The maximum absolute atomic E-state index is 14.6. The number of aromatic nitrogens is 1. The molecular weight excluding hydrogens is 711 g/mol. The molecule has 0 bridgehead atoms. The number of esters is 1. The molecule has 1 N–H and O–H groups in total. The van der Waals surface area contributed by atoms with Crippen molar-refractivity contribution in [3.05, 3.63) is 17.5 Å². The standard InChI is InChI=1S/C37H51N3O10S2/c1-6-22-19-37(22,35(44)39-52(45,46)50-24-12-13-24)20-29(41)28-16-25(48-30-18-31(47-7-2)38-27-14-15-51-33(27)30)21-40(28)34(43)26(36(3,4)5)17-32(42)49-23-10-8-9-11-23/h14-15,18,22-26,28H,6-13,16-17,19-21H2,1-5H3,(H,39,44)/t22-,25-,26-,28+,37-/m1/s1. The number of Topliss-reactive ketones (excluding diaryl/α,β-unsaturated/α-hetero) is 1. The number of nitrogens with one attached hydrogen (secondary N) is 1. The first-order valence-corrected chi connectivity index (χ1v) is 20.9. The minimum atomic E-state index is -4.34. The molecule has 13 nitrogen and oxygen atoms in total. The number of rotatable bonds is 16. The molecule has 4 aliphatic rings. The second kappa shape index (κ2) is 15.2. The van der Waals surface area contributed by atoms with Crippen LogP contribution < -0.4 is 14.2 Å². The van der Waals surface area contributed by atoms with Crippen LogP contribution in [0.3, 0.4) is 0 Å². The number of carbonyl (C=O) groups excluding carboxylic acids is 4. The number of pyridine rings is 1. The lowest BCUT2D eigenvalue weighted by molar-refractivity contribution is -0.156. The summed E-state index contributed by atoms with van der Waals surface area (Å²) in [6.45, 7) is 9.89. The van der Waals surface area contributed by atoms with Gasteiger partial charge in [-0.2, -0.15) is 8.42 Å². The fraction of sp³-hybridized carbons (Fsp3) is 0.703. The summed E-state index contributed by atoms with van der Waals surface area (Å²) in [6.07, 6.45) is 4.28. The molecule has 4 fully saturated rings. The van der Waals surface area contributed by atoms with Gasteiger partial charge in [-0.3, -0.25) is 23.4 Å². The number of hydrogen-bond acceptors (Lipinski definition) is 12. The van der Waals surface area contributed by atoms with Gasteiger partial charge in [-0.05, 0) is 74.6 Å². The molecule has 0 radical (unpaired) electrons. The van der Waals surface area contributed by atoms with Gasteiger partial charge >= 0.3 is 16.3 Å². The second-order valence-electron chi connectivity index (χ2n) is 15.8. The summed E-state index contributed by atoms with van der Waals surface area (Å²) >= 11 is 1.45. The first-order valence-electron chi connectivity index (χ1n) is 18.6. The van der Waals surface area contributed by atoms with E-state index in [1.807, 2.05) is 46.1 Å². The molecule has 3 saturated carbocycles. The second-order valence-corrected chi connectivity index (χ2v) is 18.0. The maximum Gasteiger partial charge on any atom is 0.362 e. The molecule has 3 aliphatic carbocycles. The molecule has 286 valence electrons. The number of amides is 2. The maximum atomic E-state index is 14.6. The van der Waals surface area contributed by atoms with Crippen molar-refractivity contribution in [3.8, 4) is 11.6 Å². The van der Waals surface area contributed by atoms with Gasteiger partial charge in [0.15, 0.2) is 5.78 Å². The summed E-state index contributed by atoms with van der Waals surface area (Å²) in [7, 11) is -4.34. The molecule has 5 atom stereocenters. The quantitative estimate of drug-likeness (QED) is 0.215. The predicted molar refractivity (Wildman–Crippen MR) is 193 cm³/mol. The van der Waals surface area contributed by atoms with Gasteiger partial charge in [0.2, 0.25) is 17.7 Å². The van der Waals surface area contributed by atoms with Crippen LogP contribution in [0.4, 0.5) is 0 Å².